The summed E-state index contributed by atoms with van der Waals surface area (Å²) in [4.78, 5) is 17.9. The SMILES string of the molecule is COC(CN)CC(=O)NCCCc1nc2c(s1)CCCC2. The van der Waals surface area contributed by atoms with Crippen molar-refractivity contribution in [3.05, 3.63) is 15.6 Å². The van der Waals surface area contributed by atoms with Gasteiger partial charge < -0.3 is 15.8 Å². The number of aryl methyl sites for hydroxylation is 3. The van der Waals surface area contributed by atoms with Gasteiger partial charge in [0.15, 0.2) is 0 Å². The number of hydrogen-bond acceptors (Lipinski definition) is 5. The lowest BCUT2D eigenvalue weighted by Gasteiger charge is -2.12. The van der Waals surface area contributed by atoms with Crippen molar-refractivity contribution in [2.75, 3.05) is 20.2 Å². The number of nitrogens with zero attached hydrogens (tertiary/aromatic N) is 1. The Kier molecular flexibility index (Phi) is 6.60. The molecular formula is C15H25N3O2S. The molecule has 1 heterocycles. The lowest BCUT2D eigenvalue weighted by Crippen LogP contribution is -2.32. The first kappa shape index (κ1) is 16.4. The highest BCUT2D eigenvalue weighted by molar-refractivity contribution is 7.11. The van der Waals surface area contributed by atoms with Gasteiger partial charge >= 0.3 is 0 Å². The summed E-state index contributed by atoms with van der Waals surface area (Å²) in [5, 5.41) is 4.13. The maximum atomic E-state index is 11.7. The Balaban J connectivity index is 1.65. The van der Waals surface area contributed by atoms with Gasteiger partial charge in [0.2, 0.25) is 5.91 Å². The van der Waals surface area contributed by atoms with E-state index < -0.39 is 0 Å². The number of rotatable bonds is 8. The number of nitrogens with two attached hydrogens (primary N) is 1. The van der Waals surface area contributed by atoms with E-state index in [0.717, 1.165) is 19.3 Å². The molecular weight excluding hydrogens is 286 g/mol. The number of hydrogen-bond donors (Lipinski definition) is 2. The number of thiazole rings is 1. The van der Waals surface area contributed by atoms with E-state index >= 15 is 0 Å². The van der Waals surface area contributed by atoms with Crippen LogP contribution in [0.25, 0.3) is 0 Å². The predicted octanol–water partition coefficient (Wildman–Crippen LogP) is 1.43. The number of fused-ring (bicyclic) bond motifs is 1. The number of aromatic nitrogens is 1. The van der Waals surface area contributed by atoms with Crippen molar-refractivity contribution in [2.45, 2.75) is 51.0 Å². The van der Waals surface area contributed by atoms with E-state index in [1.807, 2.05) is 11.3 Å². The van der Waals surface area contributed by atoms with Crippen LogP contribution in [0.2, 0.25) is 0 Å². The highest BCUT2D eigenvalue weighted by Gasteiger charge is 2.15. The molecule has 0 saturated carbocycles. The molecule has 3 N–H and O–H groups in total. The summed E-state index contributed by atoms with van der Waals surface area (Å²) in [6.45, 7) is 1.05. The zero-order valence-corrected chi connectivity index (χ0v) is 13.5. The lowest BCUT2D eigenvalue weighted by atomic mass is 10.0. The molecule has 0 fully saturated rings. The Hall–Kier alpha value is -0.980. The average Bonchev–Trinajstić information content (AvgIpc) is 2.92. The van der Waals surface area contributed by atoms with Gasteiger partial charge in [-0.1, -0.05) is 0 Å². The molecule has 0 radical (unpaired) electrons. The number of carbonyl (C=O) groups excluding carboxylic acids is 1. The topological polar surface area (TPSA) is 77.2 Å². The van der Waals surface area contributed by atoms with Crippen molar-refractivity contribution >= 4 is 17.2 Å². The minimum Gasteiger partial charge on any atom is -0.380 e. The van der Waals surface area contributed by atoms with Gasteiger partial charge in [0, 0.05) is 31.5 Å². The summed E-state index contributed by atoms with van der Waals surface area (Å²) >= 11 is 1.85. The quantitative estimate of drug-likeness (QED) is 0.712. The molecule has 0 aliphatic heterocycles. The van der Waals surface area contributed by atoms with Crippen LogP contribution in [0.15, 0.2) is 0 Å². The normalized spacial score (nSPS) is 15.5. The monoisotopic (exact) mass is 311 g/mol. The van der Waals surface area contributed by atoms with Crippen LogP contribution in [0.5, 0.6) is 0 Å². The highest BCUT2D eigenvalue weighted by Crippen LogP contribution is 2.27. The third-order valence-corrected chi connectivity index (χ3v) is 5.01. The van der Waals surface area contributed by atoms with Crippen LogP contribution in [0, 0.1) is 0 Å². The Morgan fingerprint density at radius 1 is 1.48 bits per heavy atom. The molecule has 1 aliphatic carbocycles. The summed E-state index contributed by atoms with van der Waals surface area (Å²) in [5.41, 5.74) is 6.81. The Bertz CT molecular complexity index is 434. The molecule has 1 aromatic heterocycles. The number of nitrogens with one attached hydrogen (secondary N) is 1. The van der Waals surface area contributed by atoms with Crippen molar-refractivity contribution < 1.29 is 9.53 Å². The smallest absolute Gasteiger partial charge is 0.222 e. The van der Waals surface area contributed by atoms with Crippen molar-refractivity contribution in [3.8, 4) is 0 Å². The van der Waals surface area contributed by atoms with Crippen LogP contribution in [-0.4, -0.2) is 37.2 Å². The third kappa shape index (κ3) is 5.05. The van der Waals surface area contributed by atoms with Gasteiger partial charge in [-0.3, -0.25) is 4.79 Å². The molecule has 1 atom stereocenters. The summed E-state index contributed by atoms with van der Waals surface area (Å²) in [6, 6.07) is 0. The maximum Gasteiger partial charge on any atom is 0.222 e. The first-order valence-corrected chi connectivity index (χ1v) is 8.51. The van der Waals surface area contributed by atoms with Crippen LogP contribution < -0.4 is 11.1 Å². The largest absolute Gasteiger partial charge is 0.380 e. The fourth-order valence-corrected chi connectivity index (χ4v) is 3.72. The van der Waals surface area contributed by atoms with Crippen molar-refractivity contribution in [2.24, 2.45) is 5.73 Å². The van der Waals surface area contributed by atoms with Crippen LogP contribution in [0.4, 0.5) is 0 Å². The van der Waals surface area contributed by atoms with Crippen LogP contribution in [-0.2, 0) is 28.8 Å². The van der Waals surface area contributed by atoms with Gasteiger partial charge in [-0.25, -0.2) is 4.98 Å². The highest BCUT2D eigenvalue weighted by atomic mass is 32.1. The molecule has 1 amide bonds. The van der Waals surface area contributed by atoms with Crippen molar-refractivity contribution in [1.29, 1.82) is 0 Å². The van der Waals surface area contributed by atoms with Crippen LogP contribution >= 0.6 is 11.3 Å². The molecule has 0 aromatic carbocycles. The standard InChI is InChI=1S/C15H25N3O2S/c1-20-11(10-16)9-14(19)17-8-4-7-15-18-12-5-2-3-6-13(12)21-15/h11H,2-10,16H2,1H3,(H,17,19). The molecule has 1 aromatic rings. The Morgan fingerprint density at radius 2 is 2.29 bits per heavy atom. The van der Waals surface area contributed by atoms with Gasteiger partial charge in [0.05, 0.1) is 23.2 Å². The number of methoxy groups -OCH3 is 1. The molecule has 0 spiro atoms. The summed E-state index contributed by atoms with van der Waals surface area (Å²) in [5.74, 6) is 0.00531. The maximum absolute atomic E-state index is 11.7. The van der Waals surface area contributed by atoms with Crippen molar-refractivity contribution in [1.82, 2.24) is 10.3 Å². The van der Waals surface area contributed by atoms with Gasteiger partial charge in [-0.2, -0.15) is 0 Å². The molecule has 1 aliphatic rings. The Morgan fingerprint density at radius 3 is 3.00 bits per heavy atom. The first-order valence-electron chi connectivity index (χ1n) is 7.70. The number of ether oxygens (including phenoxy) is 1. The average molecular weight is 311 g/mol. The van der Waals surface area contributed by atoms with E-state index in [0.29, 0.717) is 19.5 Å². The molecule has 0 saturated heterocycles. The van der Waals surface area contributed by atoms with Gasteiger partial charge in [0.1, 0.15) is 0 Å². The molecule has 2 rings (SSSR count). The van der Waals surface area contributed by atoms with Gasteiger partial charge in [-0.15, -0.1) is 11.3 Å². The van der Waals surface area contributed by atoms with E-state index in [1.54, 1.807) is 7.11 Å². The third-order valence-electron chi connectivity index (χ3n) is 3.79. The lowest BCUT2D eigenvalue weighted by molar-refractivity contribution is -0.123. The minimum atomic E-state index is -0.185. The fraction of sp³-hybridized carbons (Fsp3) is 0.733. The second-order valence-corrected chi connectivity index (χ2v) is 6.60. The summed E-state index contributed by atoms with van der Waals surface area (Å²) in [7, 11) is 1.58. The second-order valence-electron chi connectivity index (χ2n) is 5.44. The summed E-state index contributed by atoms with van der Waals surface area (Å²) in [6.07, 6.45) is 6.93. The fourth-order valence-electron chi connectivity index (χ4n) is 2.52. The second kappa shape index (κ2) is 8.46. The molecule has 1 unspecified atom stereocenters. The van der Waals surface area contributed by atoms with E-state index in [9.17, 15) is 4.79 Å². The molecule has 5 nitrogen and oxygen atoms in total. The Labute approximate surface area is 130 Å². The predicted molar refractivity (Wildman–Crippen MR) is 84.6 cm³/mol. The summed E-state index contributed by atoms with van der Waals surface area (Å²) < 4.78 is 5.10. The number of amides is 1. The van der Waals surface area contributed by atoms with E-state index in [1.165, 1.54) is 34.8 Å². The van der Waals surface area contributed by atoms with E-state index in [4.69, 9.17) is 15.5 Å². The van der Waals surface area contributed by atoms with E-state index in [2.05, 4.69) is 5.32 Å². The van der Waals surface area contributed by atoms with Gasteiger partial charge in [0.25, 0.3) is 0 Å². The van der Waals surface area contributed by atoms with Crippen LogP contribution in [0.3, 0.4) is 0 Å². The molecule has 0 bridgehead atoms. The van der Waals surface area contributed by atoms with Gasteiger partial charge in [-0.05, 0) is 32.1 Å². The van der Waals surface area contributed by atoms with Crippen molar-refractivity contribution in [3.63, 3.8) is 0 Å². The minimum absolute atomic E-state index is 0.00531. The first-order chi connectivity index (χ1) is 10.2. The van der Waals surface area contributed by atoms with Crippen LogP contribution in [0.1, 0.15) is 41.3 Å². The molecule has 21 heavy (non-hydrogen) atoms. The van der Waals surface area contributed by atoms with E-state index in [-0.39, 0.29) is 12.0 Å². The molecule has 6 heteroatoms. The zero-order valence-electron chi connectivity index (χ0n) is 12.7. The molecule has 118 valence electrons. The number of carbonyl (C=O) groups is 1. The zero-order chi connectivity index (χ0) is 15.1.